The molecular weight excluding hydrogens is 384 g/mol. The number of amides is 1. The largest absolute Gasteiger partial charge is 0.444 e. The molecule has 0 bridgehead atoms. The zero-order valence-electron chi connectivity index (χ0n) is 15.5. The molecule has 3 heterocycles. The van der Waals surface area contributed by atoms with Crippen molar-refractivity contribution in [2.75, 3.05) is 49.1 Å². The molecule has 3 rings (SSSR count). The van der Waals surface area contributed by atoms with Gasteiger partial charge in [-0.25, -0.2) is 9.78 Å². The van der Waals surface area contributed by atoms with Gasteiger partial charge in [-0.3, -0.25) is 0 Å². The van der Waals surface area contributed by atoms with Gasteiger partial charge in [0.05, 0.1) is 5.69 Å². The summed E-state index contributed by atoms with van der Waals surface area (Å²) in [6.07, 6.45) is 1.62. The molecule has 0 unspecified atom stereocenters. The molecule has 25 heavy (non-hydrogen) atoms. The van der Waals surface area contributed by atoms with Crippen LogP contribution < -0.4 is 9.80 Å². The Balaban J connectivity index is 1.66. The fourth-order valence-electron chi connectivity index (χ4n) is 3.22. The SMILES string of the molecule is CC1CN(c2cc(Br)cnc2N2CCN(C(=O)OC(C)(C)C)CC2)C1. The Morgan fingerprint density at radius 2 is 1.84 bits per heavy atom. The molecule has 1 amide bonds. The fraction of sp³-hybridized carbons (Fsp3) is 0.667. The number of halogens is 1. The molecule has 1 aromatic rings. The number of piperazine rings is 1. The first-order valence-corrected chi connectivity index (χ1v) is 9.65. The quantitative estimate of drug-likeness (QED) is 0.747. The second kappa shape index (κ2) is 7.02. The lowest BCUT2D eigenvalue weighted by molar-refractivity contribution is 0.0240. The highest BCUT2D eigenvalue weighted by atomic mass is 79.9. The first-order valence-electron chi connectivity index (χ1n) is 8.86. The lowest BCUT2D eigenvalue weighted by atomic mass is 10.0. The van der Waals surface area contributed by atoms with E-state index in [0.29, 0.717) is 13.1 Å². The monoisotopic (exact) mass is 410 g/mol. The van der Waals surface area contributed by atoms with Crippen LogP contribution in [0.1, 0.15) is 27.7 Å². The van der Waals surface area contributed by atoms with Crippen molar-refractivity contribution in [3.05, 3.63) is 16.7 Å². The maximum atomic E-state index is 12.2. The topological polar surface area (TPSA) is 48.9 Å². The predicted octanol–water partition coefficient (Wildman–Crippen LogP) is 3.36. The van der Waals surface area contributed by atoms with Gasteiger partial charge >= 0.3 is 6.09 Å². The van der Waals surface area contributed by atoms with Gasteiger partial charge in [0.2, 0.25) is 0 Å². The van der Waals surface area contributed by atoms with Gasteiger partial charge in [-0.2, -0.15) is 0 Å². The standard InChI is InChI=1S/C18H27BrN4O2/c1-13-11-23(12-13)15-9-14(19)10-20-16(15)21-5-7-22(8-6-21)17(24)25-18(2,3)4/h9-10,13H,5-8,11-12H2,1-4H3. The van der Waals surface area contributed by atoms with E-state index < -0.39 is 5.60 Å². The molecule has 0 aliphatic carbocycles. The lowest BCUT2D eigenvalue weighted by Gasteiger charge is -2.42. The van der Waals surface area contributed by atoms with Crippen LogP contribution in [0.2, 0.25) is 0 Å². The van der Waals surface area contributed by atoms with E-state index in [0.717, 1.165) is 42.4 Å². The van der Waals surface area contributed by atoms with E-state index >= 15 is 0 Å². The third kappa shape index (κ3) is 4.37. The van der Waals surface area contributed by atoms with Crippen LogP contribution in [0.15, 0.2) is 16.7 Å². The van der Waals surface area contributed by atoms with Gasteiger partial charge in [0.1, 0.15) is 5.60 Å². The van der Waals surface area contributed by atoms with Crippen molar-refractivity contribution in [1.29, 1.82) is 0 Å². The number of carbonyl (C=O) groups is 1. The zero-order chi connectivity index (χ0) is 18.2. The summed E-state index contributed by atoms with van der Waals surface area (Å²) >= 11 is 3.54. The average molecular weight is 411 g/mol. The van der Waals surface area contributed by atoms with Crippen LogP contribution >= 0.6 is 15.9 Å². The van der Waals surface area contributed by atoms with Crippen molar-refractivity contribution >= 4 is 33.5 Å². The molecule has 1 aromatic heterocycles. The lowest BCUT2D eigenvalue weighted by Crippen LogP contribution is -2.51. The first-order chi connectivity index (χ1) is 11.7. The van der Waals surface area contributed by atoms with Crippen LogP contribution in [-0.4, -0.2) is 60.8 Å². The number of hydrogen-bond acceptors (Lipinski definition) is 5. The smallest absolute Gasteiger partial charge is 0.410 e. The molecule has 2 aliphatic heterocycles. The van der Waals surface area contributed by atoms with Gasteiger partial charge in [-0.05, 0) is 48.7 Å². The van der Waals surface area contributed by atoms with E-state index in [9.17, 15) is 4.79 Å². The van der Waals surface area contributed by atoms with Gasteiger partial charge < -0.3 is 19.4 Å². The molecule has 138 valence electrons. The number of pyridine rings is 1. The van der Waals surface area contributed by atoms with Gasteiger partial charge in [0.25, 0.3) is 0 Å². The molecule has 7 heteroatoms. The van der Waals surface area contributed by atoms with Crippen molar-refractivity contribution < 1.29 is 9.53 Å². The van der Waals surface area contributed by atoms with E-state index in [1.807, 2.05) is 27.0 Å². The van der Waals surface area contributed by atoms with E-state index in [-0.39, 0.29) is 6.09 Å². The summed E-state index contributed by atoms with van der Waals surface area (Å²) < 4.78 is 6.47. The zero-order valence-corrected chi connectivity index (χ0v) is 17.0. The van der Waals surface area contributed by atoms with Crippen molar-refractivity contribution in [2.45, 2.75) is 33.3 Å². The summed E-state index contributed by atoms with van der Waals surface area (Å²) in [5, 5.41) is 0. The molecule has 0 saturated carbocycles. The van der Waals surface area contributed by atoms with Crippen LogP contribution in [0.5, 0.6) is 0 Å². The van der Waals surface area contributed by atoms with Crippen LogP contribution in [-0.2, 0) is 4.74 Å². The maximum absolute atomic E-state index is 12.2. The molecule has 0 atom stereocenters. The average Bonchev–Trinajstić information content (AvgIpc) is 2.50. The molecule has 2 saturated heterocycles. The Kier molecular flexibility index (Phi) is 5.14. The number of rotatable bonds is 2. The normalized spacial score (nSPS) is 19.0. The van der Waals surface area contributed by atoms with Gasteiger partial charge in [0, 0.05) is 49.9 Å². The summed E-state index contributed by atoms with van der Waals surface area (Å²) in [6, 6.07) is 2.15. The highest BCUT2D eigenvalue weighted by Gasteiger charge is 2.30. The van der Waals surface area contributed by atoms with E-state index in [2.05, 4.69) is 43.7 Å². The second-order valence-corrected chi connectivity index (χ2v) is 8.88. The number of anilines is 2. The molecule has 0 aromatic carbocycles. The Morgan fingerprint density at radius 1 is 1.20 bits per heavy atom. The van der Waals surface area contributed by atoms with E-state index in [1.54, 1.807) is 4.90 Å². The van der Waals surface area contributed by atoms with Crippen molar-refractivity contribution in [2.24, 2.45) is 5.92 Å². The molecule has 0 radical (unpaired) electrons. The molecular formula is C18H27BrN4O2. The Morgan fingerprint density at radius 3 is 2.40 bits per heavy atom. The summed E-state index contributed by atoms with van der Waals surface area (Å²) in [4.78, 5) is 23.3. The van der Waals surface area contributed by atoms with Crippen LogP contribution in [0.4, 0.5) is 16.3 Å². The minimum absolute atomic E-state index is 0.229. The number of aromatic nitrogens is 1. The number of hydrogen-bond donors (Lipinski definition) is 0. The van der Waals surface area contributed by atoms with Gasteiger partial charge in [-0.15, -0.1) is 0 Å². The predicted molar refractivity (Wildman–Crippen MR) is 103 cm³/mol. The summed E-state index contributed by atoms with van der Waals surface area (Å²) in [5.74, 6) is 1.75. The number of carbonyl (C=O) groups excluding carboxylic acids is 1. The van der Waals surface area contributed by atoms with E-state index in [4.69, 9.17) is 4.74 Å². The first kappa shape index (κ1) is 18.3. The maximum Gasteiger partial charge on any atom is 0.410 e. The molecule has 2 fully saturated rings. The number of ether oxygens (including phenoxy) is 1. The van der Waals surface area contributed by atoms with Crippen LogP contribution in [0.25, 0.3) is 0 Å². The highest BCUT2D eigenvalue weighted by molar-refractivity contribution is 9.10. The third-order valence-corrected chi connectivity index (χ3v) is 4.88. The second-order valence-electron chi connectivity index (χ2n) is 7.96. The Bertz CT molecular complexity index is 632. The molecule has 6 nitrogen and oxygen atoms in total. The van der Waals surface area contributed by atoms with Crippen LogP contribution in [0.3, 0.4) is 0 Å². The minimum atomic E-state index is -0.456. The van der Waals surface area contributed by atoms with Crippen molar-refractivity contribution in [1.82, 2.24) is 9.88 Å². The summed E-state index contributed by atoms with van der Waals surface area (Å²) in [5.41, 5.74) is 0.723. The highest BCUT2D eigenvalue weighted by Crippen LogP contribution is 2.34. The van der Waals surface area contributed by atoms with E-state index in [1.165, 1.54) is 5.69 Å². The molecule has 2 aliphatic rings. The summed E-state index contributed by atoms with van der Waals surface area (Å²) in [7, 11) is 0. The number of nitrogens with zero attached hydrogens (tertiary/aromatic N) is 4. The van der Waals surface area contributed by atoms with Gasteiger partial charge in [-0.1, -0.05) is 6.92 Å². The fourth-order valence-corrected chi connectivity index (χ4v) is 3.54. The van der Waals surface area contributed by atoms with Crippen molar-refractivity contribution in [3.63, 3.8) is 0 Å². The minimum Gasteiger partial charge on any atom is -0.444 e. The molecule has 0 spiro atoms. The van der Waals surface area contributed by atoms with Crippen molar-refractivity contribution in [3.8, 4) is 0 Å². The van der Waals surface area contributed by atoms with Crippen LogP contribution in [0, 0.1) is 5.92 Å². The summed E-state index contributed by atoms with van der Waals surface area (Å²) in [6.45, 7) is 12.9. The molecule has 0 N–H and O–H groups in total. The van der Waals surface area contributed by atoms with Gasteiger partial charge in [0.15, 0.2) is 5.82 Å². The third-order valence-electron chi connectivity index (χ3n) is 4.45. The Labute approximate surface area is 158 Å². The Hall–Kier alpha value is -1.50.